The van der Waals surface area contributed by atoms with Crippen molar-refractivity contribution < 1.29 is 0 Å². The summed E-state index contributed by atoms with van der Waals surface area (Å²) in [6.45, 7) is 17.0. The van der Waals surface area contributed by atoms with Crippen molar-refractivity contribution in [2.75, 3.05) is 39.3 Å². The van der Waals surface area contributed by atoms with Crippen molar-refractivity contribution in [1.29, 1.82) is 0 Å². The molecule has 1 heterocycles. The van der Waals surface area contributed by atoms with Crippen LogP contribution in [0.3, 0.4) is 0 Å². The SMILES string of the molecule is CCN(CC(NCCNCC(C)(C)S)C(C)(C)S)C1CCCCN1. The van der Waals surface area contributed by atoms with Crippen LogP contribution in [0.4, 0.5) is 0 Å². The standard InChI is InChI=1S/C18H40N4S2/c1-6-22(16-9-7-8-10-21-16)13-15(18(4,5)24)20-12-11-19-14-17(2,3)23/h15-16,19-21,23-24H,6-14H2,1-5H3. The van der Waals surface area contributed by atoms with Gasteiger partial charge in [-0.05, 0) is 60.0 Å². The van der Waals surface area contributed by atoms with E-state index in [4.69, 9.17) is 12.6 Å². The lowest BCUT2D eigenvalue weighted by molar-refractivity contribution is 0.124. The van der Waals surface area contributed by atoms with Crippen molar-refractivity contribution in [3.63, 3.8) is 0 Å². The molecule has 1 rings (SSSR count). The fourth-order valence-corrected chi connectivity index (χ4v) is 3.41. The van der Waals surface area contributed by atoms with Crippen molar-refractivity contribution in [2.24, 2.45) is 0 Å². The van der Waals surface area contributed by atoms with Crippen LogP contribution in [-0.2, 0) is 0 Å². The molecule has 1 aliphatic heterocycles. The Labute approximate surface area is 161 Å². The first-order valence-corrected chi connectivity index (χ1v) is 10.4. The highest BCUT2D eigenvalue weighted by molar-refractivity contribution is 7.82. The molecule has 0 amide bonds. The molecule has 1 saturated heterocycles. The molecule has 6 heteroatoms. The maximum absolute atomic E-state index is 4.86. The predicted molar refractivity (Wildman–Crippen MR) is 114 cm³/mol. The van der Waals surface area contributed by atoms with E-state index >= 15 is 0 Å². The molecule has 0 aliphatic carbocycles. The Bertz CT molecular complexity index is 333. The van der Waals surface area contributed by atoms with E-state index in [0.29, 0.717) is 12.2 Å². The number of rotatable bonds is 11. The molecule has 0 bridgehead atoms. The Morgan fingerprint density at radius 1 is 1.17 bits per heavy atom. The Kier molecular flexibility index (Phi) is 10.0. The first kappa shape index (κ1) is 22.6. The van der Waals surface area contributed by atoms with Gasteiger partial charge >= 0.3 is 0 Å². The summed E-state index contributed by atoms with van der Waals surface area (Å²) < 4.78 is -0.0151. The van der Waals surface area contributed by atoms with Crippen molar-refractivity contribution >= 4 is 25.3 Å². The first-order valence-electron chi connectivity index (χ1n) is 9.50. The molecule has 144 valence electrons. The average Bonchev–Trinajstić information content (AvgIpc) is 2.48. The molecule has 2 unspecified atom stereocenters. The Morgan fingerprint density at radius 3 is 2.38 bits per heavy atom. The van der Waals surface area contributed by atoms with Gasteiger partial charge in [0.1, 0.15) is 0 Å². The van der Waals surface area contributed by atoms with Crippen LogP contribution in [0.1, 0.15) is 53.9 Å². The van der Waals surface area contributed by atoms with Gasteiger partial charge in [-0.25, -0.2) is 0 Å². The third-order valence-electron chi connectivity index (χ3n) is 4.65. The van der Waals surface area contributed by atoms with Gasteiger partial charge in [-0.2, -0.15) is 25.3 Å². The van der Waals surface area contributed by atoms with E-state index in [-0.39, 0.29) is 9.49 Å². The molecular weight excluding hydrogens is 336 g/mol. The molecule has 2 atom stereocenters. The number of hydrogen-bond donors (Lipinski definition) is 5. The third-order valence-corrected chi connectivity index (χ3v) is 5.12. The first-order chi connectivity index (χ1) is 11.1. The van der Waals surface area contributed by atoms with Crippen LogP contribution in [0.25, 0.3) is 0 Å². The van der Waals surface area contributed by atoms with Gasteiger partial charge in [0, 0.05) is 41.7 Å². The molecule has 0 radical (unpaired) electrons. The molecular formula is C18H40N4S2. The van der Waals surface area contributed by atoms with Gasteiger partial charge in [-0.3, -0.25) is 4.90 Å². The van der Waals surface area contributed by atoms with Gasteiger partial charge in [-0.1, -0.05) is 6.92 Å². The zero-order valence-electron chi connectivity index (χ0n) is 16.4. The minimum Gasteiger partial charge on any atom is -0.314 e. The highest BCUT2D eigenvalue weighted by Gasteiger charge is 2.29. The fraction of sp³-hybridized carbons (Fsp3) is 1.00. The molecule has 3 N–H and O–H groups in total. The molecule has 0 aromatic rings. The summed E-state index contributed by atoms with van der Waals surface area (Å²) in [6.07, 6.45) is 4.42. The second-order valence-corrected chi connectivity index (χ2v) is 10.6. The van der Waals surface area contributed by atoms with E-state index in [1.165, 1.54) is 19.3 Å². The van der Waals surface area contributed by atoms with E-state index < -0.39 is 0 Å². The summed E-state index contributed by atoms with van der Waals surface area (Å²) in [5, 5.41) is 10.9. The van der Waals surface area contributed by atoms with Gasteiger partial charge in [0.05, 0.1) is 6.17 Å². The van der Waals surface area contributed by atoms with Crippen LogP contribution >= 0.6 is 25.3 Å². The number of likely N-dealkylation sites (N-methyl/N-ethyl adjacent to an activating group) is 1. The Balaban J connectivity index is 2.46. The van der Waals surface area contributed by atoms with Crippen LogP contribution in [-0.4, -0.2) is 65.9 Å². The molecule has 0 spiro atoms. The zero-order chi connectivity index (χ0) is 18.2. The summed E-state index contributed by atoms with van der Waals surface area (Å²) in [4.78, 5) is 2.57. The average molecular weight is 377 g/mol. The molecule has 1 aliphatic rings. The van der Waals surface area contributed by atoms with Crippen molar-refractivity contribution in [3.8, 4) is 0 Å². The maximum atomic E-state index is 4.86. The van der Waals surface area contributed by atoms with E-state index in [1.54, 1.807) is 0 Å². The summed E-state index contributed by atoms with van der Waals surface area (Å²) >= 11 is 9.41. The summed E-state index contributed by atoms with van der Waals surface area (Å²) in [7, 11) is 0. The topological polar surface area (TPSA) is 39.3 Å². The minimum atomic E-state index is -0.0507. The number of nitrogens with zero attached hydrogens (tertiary/aromatic N) is 1. The zero-order valence-corrected chi connectivity index (χ0v) is 18.1. The van der Waals surface area contributed by atoms with Gasteiger partial charge < -0.3 is 16.0 Å². The van der Waals surface area contributed by atoms with Crippen LogP contribution in [0.5, 0.6) is 0 Å². The van der Waals surface area contributed by atoms with Crippen LogP contribution in [0.2, 0.25) is 0 Å². The summed E-state index contributed by atoms with van der Waals surface area (Å²) in [5.41, 5.74) is 0. The largest absolute Gasteiger partial charge is 0.314 e. The second-order valence-electron chi connectivity index (χ2n) is 8.20. The van der Waals surface area contributed by atoms with E-state index in [1.807, 2.05) is 0 Å². The highest BCUT2D eigenvalue weighted by Crippen LogP contribution is 2.20. The number of piperidine rings is 1. The minimum absolute atomic E-state index is 0.0356. The van der Waals surface area contributed by atoms with Crippen molar-refractivity contribution in [3.05, 3.63) is 0 Å². The predicted octanol–water partition coefficient (Wildman–Crippen LogP) is 2.37. The summed E-state index contributed by atoms with van der Waals surface area (Å²) in [6, 6.07) is 0.357. The number of thiol groups is 2. The highest BCUT2D eigenvalue weighted by atomic mass is 32.1. The van der Waals surface area contributed by atoms with Gasteiger partial charge in [0.15, 0.2) is 0 Å². The van der Waals surface area contributed by atoms with Crippen LogP contribution in [0, 0.1) is 0 Å². The lowest BCUT2D eigenvalue weighted by Gasteiger charge is -2.40. The van der Waals surface area contributed by atoms with Gasteiger partial charge in [0.25, 0.3) is 0 Å². The van der Waals surface area contributed by atoms with Crippen LogP contribution in [0.15, 0.2) is 0 Å². The van der Waals surface area contributed by atoms with Crippen molar-refractivity contribution in [2.45, 2.75) is 75.6 Å². The third kappa shape index (κ3) is 9.30. The lowest BCUT2D eigenvalue weighted by atomic mass is 10.0. The molecule has 0 aromatic heterocycles. The summed E-state index contributed by atoms with van der Waals surface area (Å²) in [5.74, 6) is 0. The van der Waals surface area contributed by atoms with Gasteiger partial charge in [0.2, 0.25) is 0 Å². The Morgan fingerprint density at radius 2 is 1.88 bits per heavy atom. The smallest absolute Gasteiger partial charge is 0.0597 e. The fourth-order valence-electron chi connectivity index (χ4n) is 3.12. The second kappa shape index (κ2) is 10.6. The van der Waals surface area contributed by atoms with E-state index in [2.05, 4.69) is 68.1 Å². The Hall–Kier alpha value is 0.540. The maximum Gasteiger partial charge on any atom is 0.0597 e. The molecule has 0 aromatic carbocycles. The quantitative estimate of drug-likeness (QED) is 0.284. The molecule has 24 heavy (non-hydrogen) atoms. The van der Waals surface area contributed by atoms with E-state index in [0.717, 1.165) is 39.3 Å². The monoisotopic (exact) mass is 376 g/mol. The van der Waals surface area contributed by atoms with Crippen LogP contribution < -0.4 is 16.0 Å². The van der Waals surface area contributed by atoms with Gasteiger partial charge in [-0.15, -0.1) is 0 Å². The lowest BCUT2D eigenvalue weighted by Crippen LogP contribution is -2.57. The molecule has 0 saturated carbocycles. The normalized spacial score (nSPS) is 21.2. The van der Waals surface area contributed by atoms with E-state index in [9.17, 15) is 0 Å². The molecule has 4 nitrogen and oxygen atoms in total. The molecule has 1 fully saturated rings. The number of hydrogen-bond acceptors (Lipinski definition) is 6. The number of nitrogens with one attached hydrogen (secondary N) is 3. The van der Waals surface area contributed by atoms with Crippen molar-refractivity contribution in [1.82, 2.24) is 20.9 Å².